The lowest BCUT2D eigenvalue weighted by Gasteiger charge is -2.11. The zero-order valence-electron chi connectivity index (χ0n) is 12.4. The summed E-state index contributed by atoms with van der Waals surface area (Å²) in [5, 5.41) is 0. The van der Waals surface area contributed by atoms with Crippen molar-refractivity contribution in [1.82, 2.24) is 9.97 Å². The molecule has 3 aromatic rings. The van der Waals surface area contributed by atoms with Gasteiger partial charge in [-0.2, -0.15) is 0 Å². The maximum atomic E-state index is 6.23. The third kappa shape index (κ3) is 3.77. The van der Waals surface area contributed by atoms with Gasteiger partial charge in [-0.1, -0.05) is 60.7 Å². The van der Waals surface area contributed by atoms with Crippen molar-refractivity contribution < 1.29 is 0 Å². The molecule has 0 aliphatic rings. The Morgan fingerprint density at radius 3 is 1.91 bits per heavy atom. The molecule has 1 atom stereocenters. The Hall–Kier alpha value is -2.52. The van der Waals surface area contributed by atoms with Gasteiger partial charge in [-0.05, 0) is 24.0 Å². The summed E-state index contributed by atoms with van der Waals surface area (Å²) in [5.74, 6) is 0.751. The van der Waals surface area contributed by atoms with E-state index in [1.807, 2.05) is 60.9 Å². The fraction of sp³-hybridized carbons (Fsp3) is 0.158. The number of nitrogens with zero attached hydrogens (tertiary/aromatic N) is 2. The molecule has 0 saturated heterocycles. The van der Waals surface area contributed by atoms with Crippen LogP contribution < -0.4 is 5.73 Å². The monoisotopic (exact) mass is 289 g/mol. The number of aromatic nitrogens is 2. The van der Waals surface area contributed by atoms with E-state index in [-0.39, 0.29) is 6.04 Å². The lowest BCUT2D eigenvalue weighted by atomic mass is 10.0. The summed E-state index contributed by atoms with van der Waals surface area (Å²) in [6, 6.07) is 20.4. The highest BCUT2D eigenvalue weighted by Crippen LogP contribution is 2.14. The Kier molecular flexibility index (Phi) is 4.56. The van der Waals surface area contributed by atoms with Gasteiger partial charge in [0.15, 0.2) is 5.82 Å². The molecule has 0 amide bonds. The zero-order chi connectivity index (χ0) is 15.2. The second-order valence-electron chi connectivity index (χ2n) is 5.43. The lowest BCUT2D eigenvalue weighted by Crippen LogP contribution is -2.25. The number of hydrogen-bond donors (Lipinski definition) is 1. The molecule has 0 spiro atoms. The molecule has 0 aliphatic heterocycles. The van der Waals surface area contributed by atoms with Crippen LogP contribution in [0.5, 0.6) is 0 Å². The molecule has 110 valence electrons. The molecule has 3 heteroatoms. The summed E-state index contributed by atoms with van der Waals surface area (Å²) in [5.41, 5.74) is 9.59. The van der Waals surface area contributed by atoms with Crippen LogP contribution in [-0.2, 0) is 12.8 Å². The van der Waals surface area contributed by atoms with Crippen molar-refractivity contribution in [1.29, 1.82) is 0 Å². The van der Waals surface area contributed by atoms with Crippen molar-refractivity contribution in [3.8, 4) is 11.4 Å². The largest absolute Gasteiger partial charge is 0.327 e. The molecule has 0 aliphatic carbocycles. The van der Waals surface area contributed by atoms with Crippen molar-refractivity contribution in [2.24, 2.45) is 5.73 Å². The molecular formula is C19H19N3. The summed E-state index contributed by atoms with van der Waals surface area (Å²) in [4.78, 5) is 8.88. The van der Waals surface area contributed by atoms with E-state index in [4.69, 9.17) is 5.73 Å². The van der Waals surface area contributed by atoms with Gasteiger partial charge >= 0.3 is 0 Å². The van der Waals surface area contributed by atoms with Crippen LogP contribution in [0.4, 0.5) is 0 Å². The molecule has 0 fully saturated rings. The van der Waals surface area contributed by atoms with Crippen LogP contribution in [0.3, 0.4) is 0 Å². The van der Waals surface area contributed by atoms with Gasteiger partial charge in [0.2, 0.25) is 0 Å². The predicted molar refractivity (Wildman–Crippen MR) is 89.3 cm³/mol. The van der Waals surface area contributed by atoms with Gasteiger partial charge in [-0.15, -0.1) is 0 Å². The lowest BCUT2D eigenvalue weighted by molar-refractivity contribution is 0.661. The minimum atomic E-state index is 0.0774. The summed E-state index contributed by atoms with van der Waals surface area (Å²) in [7, 11) is 0. The summed E-state index contributed by atoms with van der Waals surface area (Å²) in [6.07, 6.45) is 5.39. The highest BCUT2D eigenvalue weighted by atomic mass is 14.9. The molecule has 0 saturated carbocycles. The standard InChI is InChI=1S/C19H19N3/c20-18(11-15-7-3-1-4-8-15)12-16-13-21-19(22-14-16)17-9-5-2-6-10-17/h1-10,13-14,18H,11-12,20H2. The van der Waals surface area contributed by atoms with E-state index in [1.54, 1.807) is 0 Å². The Morgan fingerprint density at radius 1 is 0.727 bits per heavy atom. The molecular weight excluding hydrogens is 270 g/mol. The number of hydrogen-bond acceptors (Lipinski definition) is 3. The minimum absolute atomic E-state index is 0.0774. The molecule has 1 unspecified atom stereocenters. The van der Waals surface area contributed by atoms with Crippen LogP contribution >= 0.6 is 0 Å². The van der Waals surface area contributed by atoms with E-state index in [2.05, 4.69) is 22.1 Å². The van der Waals surface area contributed by atoms with Gasteiger partial charge in [0.1, 0.15) is 0 Å². The van der Waals surface area contributed by atoms with Gasteiger partial charge in [-0.3, -0.25) is 0 Å². The van der Waals surface area contributed by atoms with E-state index >= 15 is 0 Å². The van der Waals surface area contributed by atoms with Gasteiger partial charge < -0.3 is 5.73 Å². The SMILES string of the molecule is NC(Cc1ccccc1)Cc1cnc(-c2ccccc2)nc1. The van der Waals surface area contributed by atoms with Gasteiger partial charge in [0.05, 0.1) is 0 Å². The van der Waals surface area contributed by atoms with Crippen molar-refractivity contribution in [3.05, 3.63) is 84.2 Å². The smallest absolute Gasteiger partial charge is 0.159 e. The average molecular weight is 289 g/mol. The van der Waals surface area contributed by atoms with Gasteiger partial charge in [0.25, 0.3) is 0 Å². The Labute approximate surface area is 130 Å². The molecule has 3 rings (SSSR count). The highest BCUT2D eigenvalue weighted by Gasteiger charge is 2.07. The molecule has 3 nitrogen and oxygen atoms in total. The van der Waals surface area contributed by atoms with E-state index in [9.17, 15) is 0 Å². The Morgan fingerprint density at radius 2 is 1.27 bits per heavy atom. The minimum Gasteiger partial charge on any atom is -0.327 e. The van der Waals surface area contributed by atoms with Crippen LogP contribution in [0, 0.1) is 0 Å². The van der Waals surface area contributed by atoms with Crippen molar-refractivity contribution in [2.75, 3.05) is 0 Å². The summed E-state index contributed by atoms with van der Waals surface area (Å²) in [6.45, 7) is 0. The fourth-order valence-electron chi connectivity index (χ4n) is 2.49. The van der Waals surface area contributed by atoms with E-state index < -0.39 is 0 Å². The number of nitrogens with two attached hydrogens (primary N) is 1. The van der Waals surface area contributed by atoms with Gasteiger partial charge in [-0.25, -0.2) is 9.97 Å². The zero-order valence-corrected chi connectivity index (χ0v) is 12.4. The second kappa shape index (κ2) is 6.96. The first-order valence-corrected chi connectivity index (χ1v) is 7.47. The van der Waals surface area contributed by atoms with Crippen LogP contribution in [0.2, 0.25) is 0 Å². The fourth-order valence-corrected chi connectivity index (χ4v) is 2.49. The van der Waals surface area contributed by atoms with Crippen LogP contribution in [0.1, 0.15) is 11.1 Å². The van der Waals surface area contributed by atoms with Crippen molar-refractivity contribution >= 4 is 0 Å². The third-order valence-corrected chi connectivity index (χ3v) is 3.58. The highest BCUT2D eigenvalue weighted by molar-refractivity contribution is 5.53. The van der Waals surface area contributed by atoms with Crippen molar-refractivity contribution in [2.45, 2.75) is 18.9 Å². The molecule has 2 aromatic carbocycles. The molecule has 22 heavy (non-hydrogen) atoms. The summed E-state index contributed by atoms with van der Waals surface area (Å²) < 4.78 is 0. The second-order valence-corrected chi connectivity index (χ2v) is 5.43. The number of rotatable bonds is 5. The number of benzene rings is 2. The van der Waals surface area contributed by atoms with E-state index in [1.165, 1.54) is 5.56 Å². The average Bonchev–Trinajstić information content (AvgIpc) is 2.57. The van der Waals surface area contributed by atoms with Gasteiger partial charge in [0, 0.05) is 24.0 Å². The first kappa shape index (κ1) is 14.4. The third-order valence-electron chi connectivity index (χ3n) is 3.58. The maximum absolute atomic E-state index is 6.23. The van der Waals surface area contributed by atoms with Crippen molar-refractivity contribution in [3.63, 3.8) is 0 Å². The Bertz CT molecular complexity index is 694. The first-order chi connectivity index (χ1) is 10.8. The van der Waals surface area contributed by atoms with Crippen LogP contribution in [-0.4, -0.2) is 16.0 Å². The summed E-state index contributed by atoms with van der Waals surface area (Å²) >= 11 is 0. The van der Waals surface area contributed by atoms with E-state index in [0.29, 0.717) is 0 Å². The molecule has 0 bridgehead atoms. The first-order valence-electron chi connectivity index (χ1n) is 7.47. The molecule has 2 N–H and O–H groups in total. The molecule has 1 heterocycles. The quantitative estimate of drug-likeness (QED) is 0.784. The van der Waals surface area contributed by atoms with E-state index in [0.717, 1.165) is 29.8 Å². The molecule has 0 radical (unpaired) electrons. The normalized spacial score (nSPS) is 12.0. The maximum Gasteiger partial charge on any atom is 0.159 e. The molecule has 1 aromatic heterocycles. The van der Waals surface area contributed by atoms with Crippen LogP contribution in [0.25, 0.3) is 11.4 Å². The topological polar surface area (TPSA) is 51.8 Å². The Balaban J connectivity index is 1.64. The van der Waals surface area contributed by atoms with Crippen LogP contribution in [0.15, 0.2) is 73.1 Å². The predicted octanol–water partition coefficient (Wildman–Crippen LogP) is 3.26.